The van der Waals surface area contributed by atoms with Gasteiger partial charge in [0.2, 0.25) is 0 Å². The lowest BCUT2D eigenvalue weighted by Crippen LogP contribution is -2.12. The van der Waals surface area contributed by atoms with Crippen LogP contribution in [0.15, 0.2) is 4.79 Å². The first-order chi connectivity index (χ1) is 5.04. The first-order valence-corrected chi connectivity index (χ1v) is 3.09. The van der Waals surface area contributed by atoms with Crippen LogP contribution in [0.5, 0.6) is 0 Å². The molecule has 60 valence electrons. The molecule has 0 aliphatic heterocycles. The molecule has 0 aromatic carbocycles. The van der Waals surface area contributed by atoms with Gasteiger partial charge in [-0.25, -0.2) is 9.59 Å². The van der Waals surface area contributed by atoms with E-state index in [0.29, 0.717) is 0 Å². The molecule has 0 aliphatic carbocycles. The van der Waals surface area contributed by atoms with Crippen LogP contribution >= 0.6 is 11.6 Å². The summed E-state index contributed by atoms with van der Waals surface area (Å²) in [5, 5.41) is 8.34. The maximum atomic E-state index is 10.7. The number of nitrogens with one attached hydrogen (secondary N) is 1. The largest absolute Gasteiger partial charge is 0.476 e. The van der Waals surface area contributed by atoms with Gasteiger partial charge >= 0.3 is 11.7 Å². The lowest BCUT2D eigenvalue weighted by atomic mass is 10.5. The second-order valence-electron chi connectivity index (χ2n) is 1.96. The standard InChI is InChI=1S/C5H5ClN2O3/c1-8-3(6)2(4(9)10)7-5(8)11/h1H3,(H,7,11)(H,9,10). The molecule has 0 unspecified atom stereocenters. The number of imidazole rings is 1. The van der Waals surface area contributed by atoms with Crippen LogP contribution in [0.25, 0.3) is 0 Å². The average Bonchev–Trinajstić information content (AvgIpc) is 2.17. The maximum absolute atomic E-state index is 10.7. The van der Waals surface area contributed by atoms with Crippen molar-refractivity contribution in [3.63, 3.8) is 0 Å². The van der Waals surface area contributed by atoms with Crippen LogP contribution in [0, 0.1) is 0 Å². The highest BCUT2D eigenvalue weighted by molar-refractivity contribution is 6.32. The molecule has 1 rings (SSSR count). The van der Waals surface area contributed by atoms with Crippen molar-refractivity contribution >= 4 is 17.6 Å². The quantitative estimate of drug-likeness (QED) is 0.636. The van der Waals surface area contributed by atoms with Gasteiger partial charge in [0.1, 0.15) is 5.15 Å². The van der Waals surface area contributed by atoms with Gasteiger partial charge in [0.15, 0.2) is 5.69 Å². The molecule has 0 spiro atoms. The number of aromatic nitrogens is 2. The molecule has 6 heteroatoms. The zero-order valence-electron chi connectivity index (χ0n) is 5.59. The third-order valence-electron chi connectivity index (χ3n) is 1.25. The summed E-state index contributed by atoms with van der Waals surface area (Å²) in [6.45, 7) is 0. The van der Waals surface area contributed by atoms with Gasteiger partial charge in [0, 0.05) is 7.05 Å². The number of aromatic carboxylic acids is 1. The number of halogens is 1. The number of hydrogen-bond acceptors (Lipinski definition) is 2. The zero-order chi connectivity index (χ0) is 8.59. The van der Waals surface area contributed by atoms with E-state index in [2.05, 4.69) is 4.98 Å². The van der Waals surface area contributed by atoms with Crippen molar-refractivity contribution < 1.29 is 9.90 Å². The van der Waals surface area contributed by atoms with Gasteiger partial charge in [-0.05, 0) is 0 Å². The summed E-state index contributed by atoms with van der Waals surface area (Å²) < 4.78 is 1.02. The van der Waals surface area contributed by atoms with Crippen LogP contribution in [0.3, 0.4) is 0 Å². The van der Waals surface area contributed by atoms with Gasteiger partial charge in [0.25, 0.3) is 0 Å². The van der Waals surface area contributed by atoms with E-state index < -0.39 is 11.7 Å². The summed E-state index contributed by atoms with van der Waals surface area (Å²) in [5.74, 6) is -1.24. The third kappa shape index (κ3) is 1.14. The van der Waals surface area contributed by atoms with Crippen molar-refractivity contribution in [1.82, 2.24) is 9.55 Å². The number of hydrogen-bond donors (Lipinski definition) is 2. The molecule has 0 radical (unpaired) electrons. The molecule has 0 bridgehead atoms. The Morgan fingerprint density at radius 2 is 2.27 bits per heavy atom. The minimum absolute atomic E-state index is 0.0949. The van der Waals surface area contributed by atoms with Gasteiger partial charge in [-0.3, -0.25) is 9.55 Å². The van der Waals surface area contributed by atoms with E-state index in [1.807, 2.05) is 0 Å². The normalized spacial score (nSPS) is 10.0. The predicted molar refractivity (Wildman–Crippen MR) is 38.0 cm³/mol. The van der Waals surface area contributed by atoms with Gasteiger partial charge < -0.3 is 5.11 Å². The van der Waals surface area contributed by atoms with Crippen molar-refractivity contribution in [2.75, 3.05) is 0 Å². The SMILES string of the molecule is Cn1c(Cl)c(C(=O)O)[nH]c1=O. The van der Waals surface area contributed by atoms with E-state index in [1.165, 1.54) is 7.05 Å². The molecule has 1 aromatic rings. The Morgan fingerprint density at radius 3 is 2.45 bits per heavy atom. The molecule has 2 N–H and O–H groups in total. The Hall–Kier alpha value is -1.23. The average molecular weight is 177 g/mol. The Balaban J connectivity index is 3.42. The molecule has 0 amide bonds. The highest BCUT2D eigenvalue weighted by Gasteiger charge is 2.14. The first kappa shape index (κ1) is 7.87. The number of carbonyl (C=O) groups is 1. The van der Waals surface area contributed by atoms with Gasteiger partial charge in [0.05, 0.1) is 0 Å². The van der Waals surface area contributed by atoms with Crippen molar-refractivity contribution in [2.45, 2.75) is 0 Å². The monoisotopic (exact) mass is 176 g/mol. The fraction of sp³-hybridized carbons (Fsp3) is 0.200. The Kier molecular flexibility index (Phi) is 1.74. The topological polar surface area (TPSA) is 75.1 Å². The van der Waals surface area contributed by atoms with Gasteiger partial charge in [-0.15, -0.1) is 0 Å². The van der Waals surface area contributed by atoms with Gasteiger partial charge in [-0.1, -0.05) is 11.6 Å². The van der Waals surface area contributed by atoms with Crippen molar-refractivity contribution in [3.8, 4) is 0 Å². The van der Waals surface area contributed by atoms with Crippen LogP contribution in [0.4, 0.5) is 0 Å². The predicted octanol–water partition coefficient (Wildman–Crippen LogP) is 0.0650. The fourth-order valence-corrected chi connectivity index (χ4v) is 0.846. The van der Waals surface area contributed by atoms with Gasteiger partial charge in [-0.2, -0.15) is 0 Å². The van der Waals surface area contributed by atoms with E-state index in [4.69, 9.17) is 16.7 Å². The Labute approximate surface area is 66.2 Å². The summed E-state index contributed by atoms with van der Waals surface area (Å²) in [4.78, 5) is 23.1. The molecule has 1 aromatic heterocycles. The molecule has 1 heterocycles. The highest BCUT2D eigenvalue weighted by atomic mass is 35.5. The summed E-state index contributed by atoms with van der Waals surface area (Å²) in [7, 11) is 1.38. The van der Waals surface area contributed by atoms with Crippen molar-refractivity contribution in [2.24, 2.45) is 7.05 Å². The minimum atomic E-state index is -1.24. The third-order valence-corrected chi connectivity index (χ3v) is 1.69. The Bertz CT molecular complexity index is 351. The van der Waals surface area contributed by atoms with Crippen LogP contribution in [-0.2, 0) is 7.05 Å². The van der Waals surface area contributed by atoms with E-state index in [0.717, 1.165) is 4.57 Å². The molecule has 0 saturated carbocycles. The van der Waals surface area contributed by atoms with Crippen molar-refractivity contribution in [1.29, 1.82) is 0 Å². The Morgan fingerprint density at radius 1 is 1.73 bits per heavy atom. The summed E-state index contributed by atoms with van der Waals surface area (Å²) in [6, 6.07) is 0. The highest BCUT2D eigenvalue weighted by Crippen LogP contribution is 2.09. The molecule has 11 heavy (non-hydrogen) atoms. The summed E-state index contributed by atoms with van der Waals surface area (Å²) in [5.41, 5.74) is -0.813. The number of H-pyrrole nitrogens is 1. The lowest BCUT2D eigenvalue weighted by molar-refractivity contribution is 0.0691. The van der Waals surface area contributed by atoms with Crippen LogP contribution < -0.4 is 5.69 Å². The molecule has 0 aliphatic rings. The number of nitrogens with zero attached hydrogens (tertiary/aromatic N) is 1. The fourth-order valence-electron chi connectivity index (χ4n) is 0.641. The van der Waals surface area contributed by atoms with E-state index in [1.54, 1.807) is 0 Å². The molecular weight excluding hydrogens is 172 g/mol. The molecule has 0 fully saturated rings. The number of aromatic amines is 1. The second kappa shape index (κ2) is 2.43. The summed E-state index contributed by atoms with van der Waals surface area (Å²) >= 11 is 5.46. The van der Waals surface area contributed by atoms with E-state index >= 15 is 0 Å². The lowest BCUT2D eigenvalue weighted by Gasteiger charge is -1.89. The molecule has 5 nitrogen and oxygen atoms in total. The zero-order valence-corrected chi connectivity index (χ0v) is 6.34. The van der Waals surface area contributed by atoms with Crippen LogP contribution in [0.1, 0.15) is 10.5 Å². The maximum Gasteiger partial charge on any atom is 0.355 e. The van der Waals surface area contributed by atoms with Crippen LogP contribution in [0.2, 0.25) is 5.15 Å². The molecule has 0 saturated heterocycles. The summed E-state index contributed by atoms with van der Waals surface area (Å²) in [6.07, 6.45) is 0. The smallest absolute Gasteiger partial charge is 0.355 e. The number of rotatable bonds is 1. The van der Waals surface area contributed by atoms with Crippen LogP contribution in [-0.4, -0.2) is 20.6 Å². The van der Waals surface area contributed by atoms with E-state index in [9.17, 15) is 9.59 Å². The number of carboxylic acids is 1. The number of carboxylic acid groups (broad SMARTS) is 1. The molecule has 0 atom stereocenters. The molecular formula is C5H5ClN2O3. The van der Waals surface area contributed by atoms with Crippen molar-refractivity contribution in [3.05, 3.63) is 21.3 Å². The minimum Gasteiger partial charge on any atom is -0.476 e. The second-order valence-corrected chi connectivity index (χ2v) is 2.32. The van der Waals surface area contributed by atoms with E-state index in [-0.39, 0.29) is 10.8 Å². The first-order valence-electron chi connectivity index (χ1n) is 2.72.